The number of para-hydroxylation sites is 1. The highest BCUT2D eigenvalue weighted by molar-refractivity contribution is 5.79. The molecule has 0 aliphatic heterocycles. The normalized spacial score (nSPS) is 9.59. The lowest BCUT2D eigenvalue weighted by Gasteiger charge is -2.10. The summed E-state index contributed by atoms with van der Waals surface area (Å²) in [5.74, 6) is 1.71. The molecule has 0 radical (unpaired) electrons. The molecule has 0 spiro atoms. The lowest BCUT2D eigenvalue weighted by Crippen LogP contribution is -2.36. The van der Waals surface area contributed by atoms with E-state index in [0.717, 1.165) is 30.4 Å². The van der Waals surface area contributed by atoms with Crippen molar-refractivity contribution in [2.24, 2.45) is 4.99 Å². The van der Waals surface area contributed by atoms with Gasteiger partial charge in [-0.1, -0.05) is 18.2 Å². The first kappa shape index (κ1) is 13.4. The van der Waals surface area contributed by atoms with Gasteiger partial charge in [-0.3, -0.25) is 0 Å². The quantitative estimate of drug-likeness (QED) is 0.604. The third-order valence-electron chi connectivity index (χ3n) is 2.29. The van der Waals surface area contributed by atoms with Crippen molar-refractivity contribution in [3.8, 4) is 5.75 Å². The average molecular weight is 235 g/mol. The summed E-state index contributed by atoms with van der Waals surface area (Å²) in [5.41, 5.74) is 1.09. The summed E-state index contributed by atoms with van der Waals surface area (Å²) < 4.78 is 5.29. The van der Waals surface area contributed by atoms with E-state index in [1.165, 1.54) is 0 Å². The van der Waals surface area contributed by atoms with Gasteiger partial charge in [0, 0.05) is 18.7 Å². The smallest absolute Gasteiger partial charge is 0.191 e. The van der Waals surface area contributed by atoms with Gasteiger partial charge >= 0.3 is 0 Å². The molecule has 0 atom stereocenters. The van der Waals surface area contributed by atoms with Crippen LogP contribution in [0.1, 0.15) is 19.4 Å². The second-order valence-electron chi connectivity index (χ2n) is 3.54. The molecule has 0 amide bonds. The Labute approximate surface area is 103 Å². The van der Waals surface area contributed by atoms with Crippen LogP contribution in [0.3, 0.4) is 0 Å². The maximum atomic E-state index is 5.29. The van der Waals surface area contributed by atoms with Crippen molar-refractivity contribution >= 4 is 5.96 Å². The lowest BCUT2D eigenvalue weighted by molar-refractivity contribution is 0.410. The Bertz CT molecular complexity index is 355. The van der Waals surface area contributed by atoms with Crippen LogP contribution in [0.25, 0.3) is 0 Å². The minimum atomic E-state index is 0.610. The number of ether oxygens (including phenoxy) is 1. The Morgan fingerprint density at radius 2 is 1.82 bits per heavy atom. The SMILES string of the molecule is CCNC(=NCc1ccccc1OC)NCC. The summed E-state index contributed by atoms with van der Waals surface area (Å²) in [6.07, 6.45) is 0. The van der Waals surface area contributed by atoms with Crippen LogP contribution in [0.2, 0.25) is 0 Å². The van der Waals surface area contributed by atoms with Gasteiger partial charge in [0.1, 0.15) is 5.75 Å². The van der Waals surface area contributed by atoms with Gasteiger partial charge in [0.15, 0.2) is 5.96 Å². The maximum Gasteiger partial charge on any atom is 0.191 e. The van der Waals surface area contributed by atoms with Crippen LogP contribution >= 0.6 is 0 Å². The fourth-order valence-electron chi connectivity index (χ4n) is 1.51. The van der Waals surface area contributed by atoms with E-state index in [1.807, 2.05) is 24.3 Å². The van der Waals surface area contributed by atoms with Crippen LogP contribution in [-0.4, -0.2) is 26.2 Å². The molecule has 0 fully saturated rings. The molecule has 0 saturated carbocycles. The zero-order chi connectivity index (χ0) is 12.5. The van der Waals surface area contributed by atoms with Crippen molar-refractivity contribution in [1.82, 2.24) is 10.6 Å². The zero-order valence-electron chi connectivity index (χ0n) is 10.8. The van der Waals surface area contributed by atoms with Gasteiger partial charge in [-0.15, -0.1) is 0 Å². The number of nitrogens with one attached hydrogen (secondary N) is 2. The van der Waals surface area contributed by atoms with E-state index in [4.69, 9.17) is 4.74 Å². The summed E-state index contributed by atoms with van der Waals surface area (Å²) in [5, 5.41) is 6.38. The Morgan fingerprint density at radius 3 is 2.41 bits per heavy atom. The number of hydrogen-bond donors (Lipinski definition) is 2. The molecular formula is C13H21N3O. The van der Waals surface area contributed by atoms with Crippen molar-refractivity contribution in [2.45, 2.75) is 20.4 Å². The van der Waals surface area contributed by atoms with Gasteiger partial charge in [0.2, 0.25) is 0 Å². The van der Waals surface area contributed by atoms with Gasteiger partial charge < -0.3 is 15.4 Å². The molecule has 2 N–H and O–H groups in total. The van der Waals surface area contributed by atoms with Crippen LogP contribution < -0.4 is 15.4 Å². The molecule has 1 rings (SSSR count). The highest BCUT2D eigenvalue weighted by Crippen LogP contribution is 2.17. The standard InChI is InChI=1S/C13H21N3O/c1-4-14-13(15-5-2)16-10-11-8-6-7-9-12(11)17-3/h6-9H,4-5,10H2,1-3H3,(H2,14,15,16). The van der Waals surface area contributed by atoms with Crippen LogP contribution in [0.15, 0.2) is 29.3 Å². The van der Waals surface area contributed by atoms with Crippen LogP contribution in [0, 0.1) is 0 Å². The number of methoxy groups -OCH3 is 1. The summed E-state index contributed by atoms with van der Waals surface area (Å²) in [7, 11) is 1.68. The molecule has 1 aromatic rings. The number of guanidine groups is 1. The highest BCUT2D eigenvalue weighted by Gasteiger charge is 2.01. The predicted molar refractivity (Wildman–Crippen MR) is 71.5 cm³/mol. The van der Waals surface area contributed by atoms with Crippen LogP contribution in [0.4, 0.5) is 0 Å². The lowest BCUT2D eigenvalue weighted by atomic mass is 10.2. The molecular weight excluding hydrogens is 214 g/mol. The molecule has 94 valence electrons. The first-order valence-corrected chi connectivity index (χ1v) is 5.95. The van der Waals surface area contributed by atoms with Crippen molar-refractivity contribution in [3.05, 3.63) is 29.8 Å². The molecule has 0 bridgehead atoms. The van der Waals surface area contributed by atoms with Gasteiger partial charge in [-0.25, -0.2) is 4.99 Å². The number of hydrogen-bond acceptors (Lipinski definition) is 2. The van der Waals surface area contributed by atoms with E-state index in [2.05, 4.69) is 29.5 Å². The number of rotatable bonds is 5. The molecule has 4 heteroatoms. The topological polar surface area (TPSA) is 45.7 Å². The molecule has 0 aromatic heterocycles. The van der Waals surface area contributed by atoms with Gasteiger partial charge in [-0.05, 0) is 19.9 Å². The Balaban J connectivity index is 2.71. The largest absolute Gasteiger partial charge is 0.496 e. The van der Waals surface area contributed by atoms with Crippen LogP contribution in [0.5, 0.6) is 5.75 Å². The summed E-state index contributed by atoms with van der Waals surface area (Å²) in [6.45, 7) is 6.43. The van der Waals surface area contributed by atoms with Crippen molar-refractivity contribution in [1.29, 1.82) is 0 Å². The fourth-order valence-corrected chi connectivity index (χ4v) is 1.51. The highest BCUT2D eigenvalue weighted by atomic mass is 16.5. The van der Waals surface area contributed by atoms with E-state index in [0.29, 0.717) is 6.54 Å². The van der Waals surface area contributed by atoms with Gasteiger partial charge in [0.25, 0.3) is 0 Å². The predicted octanol–water partition coefficient (Wildman–Crippen LogP) is 1.77. The Morgan fingerprint density at radius 1 is 1.18 bits per heavy atom. The Kier molecular flexibility index (Phi) is 5.93. The first-order valence-electron chi connectivity index (χ1n) is 5.95. The van der Waals surface area contributed by atoms with Gasteiger partial charge in [0.05, 0.1) is 13.7 Å². The molecule has 1 aromatic carbocycles. The monoisotopic (exact) mass is 235 g/mol. The fraction of sp³-hybridized carbons (Fsp3) is 0.462. The van der Waals surface area contributed by atoms with E-state index in [1.54, 1.807) is 7.11 Å². The Hall–Kier alpha value is -1.71. The van der Waals surface area contributed by atoms with Crippen molar-refractivity contribution < 1.29 is 4.74 Å². The minimum absolute atomic E-state index is 0.610. The number of nitrogens with zero attached hydrogens (tertiary/aromatic N) is 1. The summed E-state index contributed by atoms with van der Waals surface area (Å²) in [4.78, 5) is 4.50. The van der Waals surface area contributed by atoms with E-state index in [9.17, 15) is 0 Å². The third kappa shape index (κ3) is 4.34. The first-order chi connectivity index (χ1) is 8.31. The van der Waals surface area contributed by atoms with E-state index >= 15 is 0 Å². The van der Waals surface area contributed by atoms with Crippen LogP contribution in [-0.2, 0) is 6.54 Å². The van der Waals surface area contributed by atoms with Gasteiger partial charge in [-0.2, -0.15) is 0 Å². The third-order valence-corrected chi connectivity index (χ3v) is 2.29. The minimum Gasteiger partial charge on any atom is -0.496 e. The zero-order valence-corrected chi connectivity index (χ0v) is 10.8. The summed E-state index contributed by atoms with van der Waals surface area (Å²) in [6, 6.07) is 7.93. The van der Waals surface area contributed by atoms with E-state index in [-0.39, 0.29) is 0 Å². The number of aliphatic imine (C=N–C) groups is 1. The molecule has 0 saturated heterocycles. The molecule has 17 heavy (non-hydrogen) atoms. The second kappa shape index (κ2) is 7.54. The molecule has 0 aliphatic rings. The molecule has 4 nitrogen and oxygen atoms in total. The maximum absolute atomic E-state index is 5.29. The van der Waals surface area contributed by atoms with Crippen molar-refractivity contribution in [3.63, 3.8) is 0 Å². The van der Waals surface area contributed by atoms with Crippen molar-refractivity contribution in [2.75, 3.05) is 20.2 Å². The average Bonchev–Trinajstić information content (AvgIpc) is 2.37. The van der Waals surface area contributed by atoms with E-state index < -0.39 is 0 Å². The molecule has 0 unspecified atom stereocenters. The number of benzene rings is 1. The molecule has 0 aliphatic carbocycles. The second-order valence-corrected chi connectivity index (χ2v) is 3.54. The summed E-state index contributed by atoms with van der Waals surface area (Å²) >= 11 is 0. The molecule has 0 heterocycles.